The Kier molecular flexibility index (Phi) is 5.90. The zero-order valence-electron chi connectivity index (χ0n) is 12.4. The fraction of sp³-hybridized carbons (Fsp3) is 0.500. The van der Waals surface area contributed by atoms with Crippen molar-refractivity contribution in [2.75, 3.05) is 26.2 Å². The number of ether oxygens (including phenoxy) is 1. The smallest absolute Gasteiger partial charge is 0.306 e. The summed E-state index contributed by atoms with van der Waals surface area (Å²) >= 11 is 0. The first-order chi connectivity index (χ1) is 10.2. The Balaban J connectivity index is 1.88. The van der Waals surface area contributed by atoms with Crippen LogP contribution in [0.15, 0.2) is 24.3 Å². The van der Waals surface area contributed by atoms with Gasteiger partial charge in [0.15, 0.2) is 5.78 Å². The molecule has 1 aromatic rings. The van der Waals surface area contributed by atoms with Crippen molar-refractivity contribution in [1.82, 2.24) is 10.6 Å². The highest BCUT2D eigenvalue weighted by molar-refractivity contribution is 5.97. The van der Waals surface area contributed by atoms with E-state index < -0.39 is 0 Å². The van der Waals surface area contributed by atoms with E-state index in [9.17, 15) is 9.59 Å². The molecule has 1 atom stereocenters. The zero-order chi connectivity index (χ0) is 15.1. The molecule has 1 heterocycles. The van der Waals surface area contributed by atoms with Crippen LogP contribution < -0.4 is 10.6 Å². The Labute approximate surface area is 125 Å². The minimum Gasteiger partial charge on any atom is -0.466 e. The highest BCUT2D eigenvalue weighted by Gasteiger charge is 2.15. The molecule has 1 unspecified atom stereocenters. The predicted octanol–water partition coefficient (Wildman–Crippen LogP) is 1.45. The fourth-order valence-electron chi connectivity index (χ4n) is 2.38. The van der Waals surface area contributed by atoms with Crippen LogP contribution in [0.2, 0.25) is 0 Å². The first-order valence-electron chi connectivity index (χ1n) is 7.43. The van der Waals surface area contributed by atoms with Crippen molar-refractivity contribution in [1.29, 1.82) is 0 Å². The Bertz CT molecular complexity index is 479. The van der Waals surface area contributed by atoms with E-state index in [1.54, 1.807) is 6.92 Å². The SMILES string of the molecule is CCOC(=O)CCC(=O)c1ccc(C2CNCCN2)cc1. The molecule has 0 aliphatic carbocycles. The topological polar surface area (TPSA) is 67.4 Å². The number of ketones is 1. The molecule has 5 heteroatoms. The first kappa shape index (κ1) is 15.7. The quantitative estimate of drug-likeness (QED) is 0.613. The van der Waals surface area contributed by atoms with Crippen molar-refractivity contribution >= 4 is 11.8 Å². The Hall–Kier alpha value is -1.72. The van der Waals surface area contributed by atoms with Gasteiger partial charge in [-0.15, -0.1) is 0 Å². The van der Waals surface area contributed by atoms with Gasteiger partial charge in [0, 0.05) is 37.7 Å². The van der Waals surface area contributed by atoms with Crippen LogP contribution in [0, 0.1) is 0 Å². The lowest BCUT2D eigenvalue weighted by atomic mass is 10.0. The number of hydrogen-bond donors (Lipinski definition) is 2. The normalized spacial score (nSPS) is 18.2. The number of esters is 1. The zero-order valence-corrected chi connectivity index (χ0v) is 12.4. The second-order valence-electron chi connectivity index (χ2n) is 5.06. The molecule has 1 saturated heterocycles. The van der Waals surface area contributed by atoms with Crippen LogP contribution >= 0.6 is 0 Å². The van der Waals surface area contributed by atoms with Crippen LogP contribution in [0.25, 0.3) is 0 Å². The number of hydrogen-bond acceptors (Lipinski definition) is 5. The number of nitrogens with one attached hydrogen (secondary N) is 2. The third-order valence-corrected chi connectivity index (χ3v) is 3.54. The van der Waals surface area contributed by atoms with Gasteiger partial charge in [0.2, 0.25) is 0 Å². The summed E-state index contributed by atoms with van der Waals surface area (Å²) in [5.74, 6) is -0.343. The molecule has 0 spiro atoms. The van der Waals surface area contributed by atoms with Crippen molar-refractivity contribution in [2.24, 2.45) is 0 Å². The summed E-state index contributed by atoms with van der Waals surface area (Å²) in [6.45, 7) is 4.94. The molecule has 0 aromatic heterocycles. The summed E-state index contributed by atoms with van der Waals surface area (Å²) in [4.78, 5) is 23.3. The van der Waals surface area contributed by atoms with Gasteiger partial charge in [0.1, 0.15) is 0 Å². The van der Waals surface area contributed by atoms with Crippen LogP contribution in [-0.2, 0) is 9.53 Å². The van der Waals surface area contributed by atoms with Gasteiger partial charge in [-0.1, -0.05) is 24.3 Å². The third kappa shape index (κ3) is 4.65. The van der Waals surface area contributed by atoms with Crippen molar-refractivity contribution in [2.45, 2.75) is 25.8 Å². The van der Waals surface area contributed by atoms with Crippen LogP contribution in [0.4, 0.5) is 0 Å². The average molecular weight is 290 g/mol. The monoisotopic (exact) mass is 290 g/mol. The van der Waals surface area contributed by atoms with E-state index in [0.717, 1.165) is 19.6 Å². The number of Topliss-reactive ketones (excluding diaryl/α,β-unsaturated/α-hetero) is 1. The number of rotatable bonds is 6. The second-order valence-corrected chi connectivity index (χ2v) is 5.06. The Morgan fingerprint density at radius 2 is 1.95 bits per heavy atom. The van der Waals surface area contributed by atoms with E-state index in [1.807, 2.05) is 24.3 Å². The van der Waals surface area contributed by atoms with Gasteiger partial charge in [-0.25, -0.2) is 0 Å². The standard InChI is InChI=1S/C16H22N2O3/c1-2-21-16(20)8-7-15(19)13-5-3-12(4-6-13)14-11-17-9-10-18-14/h3-6,14,17-18H,2,7-11H2,1H3. The van der Waals surface area contributed by atoms with Gasteiger partial charge in [0.05, 0.1) is 13.0 Å². The highest BCUT2D eigenvalue weighted by atomic mass is 16.5. The van der Waals surface area contributed by atoms with E-state index in [4.69, 9.17) is 4.74 Å². The summed E-state index contributed by atoms with van der Waals surface area (Å²) in [6, 6.07) is 7.91. The summed E-state index contributed by atoms with van der Waals surface area (Å²) < 4.78 is 4.82. The largest absolute Gasteiger partial charge is 0.466 e. The second kappa shape index (κ2) is 7.90. The molecule has 0 amide bonds. The Morgan fingerprint density at radius 3 is 2.57 bits per heavy atom. The van der Waals surface area contributed by atoms with Gasteiger partial charge in [-0.3, -0.25) is 9.59 Å². The lowest BCUT2D eigenvalue weighted by molar-refractivity contribution is -0.143. The van der Waals surface area contributed by atoms with E-state index in [1.165, 1.54) is 5.56 Å². The number of piperazine rings is 1. The summed E-state index contributed by atoms with van der Waals surface area (Å²) in [5.41, 5.74) is 1.82. The van der Waals surface area contributed by atoms with Crippen molar-refractivity contribution in [3.8, 4) is 0 Å². The van der Waals surface area contributed by atoms with Crippen molar-refractivity contribution in [3.63, 3.8) is 0 Å². The molecular weight excluding hydrogens is 268 g/mol. The molecule has 21 heavy (non-hydrogen) atoms. The molecule has 0 radical (unpaired) electrons. The van der Waals surface area contributed by atoms with Gasteiger partial charge in [-0.2, -0.15) is 0 Å². The van der Waals surface area contributed by atoms with Crippen LogP contribution in [0.3, 0.4) is 0 Å². The minimum absolute atomic E-state index is 0.0238. The summed E-state index contributed by atoms with van der Waals surface area (Å²) in [5, 5.41) is 6.76. The van der Waals surface area contributed by atoms with Gasteiger partial charge >= 0.3 is 5.97 Å². The summed E-state index contributed by atoms with van der Waals surface area (Å²) in [7, 11) is 0. The lowest BCUT2D eigenvalue weighted by Gasteiger charge is -2.24. The molecule has 1 aromatic carbocycles. The fourth-order valence-corrected chi connectivity index (χ4v) is 2.38. The van der Waals surface area contributed by atoms with Gasteiger partial charge in [0.25, 0.3) is 0 Å². The summed E-state index contributed by atoms with van der Waals surface area (Å²) in [6.07, 6.45) is 0.337. The highest BCUT2D eigenvalue weighted by Crippen LogP contribution is 2.16. The van der Waals surface area contributed by atoms with Crippen molar-refractivity contribution in [3.05, 3.63) is 35.4 Å². The van der Waals surface area contributed by atoms with E-state index >= 15 is 0 Å². The average Bonchev–Trinajstić information content (AvgIpc) is 2.54. The van der Waals surface area contributed by atoms with E-state index in [0.29, 0.717) is 18.2 Å². The molecule has 2 N–H and O–H groups in total. The first-order valence-corrected chi connectivity index (χ1v) is 7.43. The molecule has 0 bridgehead atoms. The molecule has 114 valence electrons. The van der Waals surface area contributed by atoms with E-state index in [-0.39, 0.29) is 24.6 Å². The molecule has 1 aliphatic heterocycles. The van der Waals surface area contributed by atoms with E-state index in [2.05, 4.69) is 10.6 Å². The molecule has 1 fully saturated rings. The van der Waals surface area contributed by atoms with Crippen LogP contribution in [0.1, 0.15) is 41.7 Å². The molecule has 5 nitrogen and oxygen atoms in total. The van der Waals surface area contributed by atoms with Crippen LogP contribution in [0.5, 0.6) is 0 Å². The molecule has 2 rings (SSSR count). The number of benzene rings is 1. The lowest BCUT2D eigenvalue weighted by Crippen LogP contribution is -2.42. The third-order valence-electron chi connectivity index (χ3n) is 3.54. The number of carbonyl (C=O) groups is 2. The maximum Gasteiger partial charge on any atom is 0.306 e. The number of carbonyl (C=O) groups excluding carboxylic acids is 2. The minimum atomic E-state index is -0.319. The van der Waals surface area contributed by atoms with Crippen LogP contribution in [-0.4, -0.2) is 38.0 Å². The van der Waals surface area contributed by atoms with Crippen molar-refractivity contribution < 1.29 is 14.3 Å². The maximum atomic E-state index is 12.0. The van der Waals surface area contributed by atoms with Gasteiger partial charge < -0.3 is 15.4 Å². The molecular formula is C16H22N2O3. The maximum absolute atomic E-state index is 12.0. The predicted molar refractivity (Wildman–Crippen MR) is 80.3 cm³/mol. The molecule has 0 saturated carbocycles. The molecule has 1 aliphatic rings. The van der Waals surface area contributed by atoms with Gasteiger partial charge in [-0.05, 0) is 12.5 Å². The Morgan fingerprint density at radius 1 is 1.19 bits per heavy atom.